The highest BCUT2D eigenvalue weighted by molar-refractivity contribution is 6.12. The van der Waals surface area contributed by atoms with E-state index < -0.39 is 11.9 Å². The van der Waals surface area contributed by atoms with Crippen LogP contribution in [0.1, 0.15) is 43.4 Å². The van der Waals surface area contributed by atoms with Crippen LogP contribution in [0.3, 0.4) is 0 Å². The van der Waals surface area contributed by atoms with Gasteiger partial charge < -0.3 is 14.2 Å². The Kier molecular flexibility index (Phi) is 6.44. The van der Waals surface area contributed by atoms with Gasteiger partial charge in [-0.2, -0.15) is 0 Å². The van der Waals surface area contributed by atoms with Crippen LogP contribution < -0.4 is 9.47 Å². The van der Waals surface area contributed by atoms with E-state index in [-0.39, 0.29) is 11.6 Å². The van der Waals surface area contributed by atoms with Crippen LogP contribution in [0.2, 0.25) is 0 Å². The Bertz CT molecular complexity index is 973. The summed E-state index contributed by atoms with van der Waals surface area (Å²) in [6, 6.07) is 12.9. The van der Waals surface area contributed by atoms with E-state index in [0.717, 1.165) is 24.8 Å². The Morgan fingerprint density at radius 3 is 2.55 bits per heavy atom. The van der Waals surface area contributed by atoms with Gasteiger partial charge in [-0.15, -0.1) is 0 Å². The highest BCUT2D eigenvalue weighted by Gasteiger charge is 2.24. The SMILES string of the molecule is CCCCc1ccc(C2=NC(=Cc3ccc(OC(C)=O)c(OC)c3)C(=O)O2)cc1. The number of methoxy groups -OCH3 is 1. The molecule has 0 saturated carbocycles. The Morgan fingerprint density at radius 1 is 1.14 bits per heavy atom. The first-order valence-corrected chi connectivity index (χ1v) is 9.48. The van der Waals surface area contributed by atoms with Gasteiger partial charge in [0.1, 0.15) is 0 Å². The van der Waals surface area contributed by atoms with Crippen molar-refractivity contribution >= 4 is 23.9 Å². The zero-order valence-electron chi connectivity index (χ0n) is 16.7. The number of unbranched alkanes of at least 4 members (excludes halogenated alkanes) is 1. The molecule has 0 spiro atoms. The monoisotopic (exact) mass is 393 g/mol. The summed E-state index contributed by atoms with van der Waals surface area (Å²) in [5, 5.41) is 0. The van der Waals surface area contributed by atoms with E-state index in [1.807, 2.05) is 24.3 Å². The number of benzene rings is 2. The molecule has 0 radical (unpaired) electrons. The molecule has 0 aliphatic carbocycles. The number of hydrogen-bond donors (Lipinski definition) is 0. The van der Waals surface area contributed by atoms with Crippen molar-refractivity contribution in [3.8, 4) is 11.5 Å². The fraction of sp³-hybridized carbons (Fsp3) is 0.261. The van der Waals surface area contributed by atoms with Gasteiger partial charge in [0.05, 0.1) is 7.11 Å². The summed E-state index contributed by atoms with van der Waals surface area (Å²) < 4.78 is 15.7. The van der Waals surface area contributed by atoms with E-state index in [4.69, 9.17) is 14.2 Å². The molecular weight excluding hydrogens is 370 g/mol. The third kappa shape index (κ3) is 5.10. The molecule has 0 saturated heterocycles. The molecule has 150 valence electrons. The molecule has 0 bridgehead atoms. The van der Waals surface area contributed by atoms with Gasteiger partial charge in [-0.25, -0.2) is 9.79 Å². The van der Waals surface area contributed by atoms with E-state index in [9.17, 15) is 9.59 Å². The second-order valence-electron chi connectivity index (χ2n) is 6.64. The molecule has 6 nitrogen and oxygen atoms in total. The van der Waals surface area contributed by atoms with Crippen LogP contribution in [-0.2, 0) is 20.7 Å². The van der Waals surface area contributed by atoms with E-state index >= 15 is 0 Å². The minimum absolute atomic E-state index is 0.192. The molecule has 0 unspecified atom stereocenters. The second-order valence-corrected chi connectivity index (χ2v) is 6.64. The Balaban J connectivity index is 1.82. The maximum absolute atomic E-state index is 12.2. The standard InChI is InChI=1S/C23H23NO5/c1-4-5-6-16-7-10-18(11-8-16)22-24-19(23(26)29-22)13-17-9-12-20(28-15(2)25)21(14-17)27-3/h7-14H,4-6H2,1-3H3. The van der Waals surface area contributed by atoms with Crippen LogP contribution in [-0.4, -0.2) is 24.9 Å². The number of carbonyl (C=O) groups excluding carboxylic acids is 2. The van der Waals surface area contributed by atoms with Crippen molar-refractivity contribution in [3.63, 3.8) is 0 Å². The van der Waals surface area contributed by atoms with E-state index in [2.05, 4.69) is 11.9 Å². The number of esters is 2. The van der Waals surface area contributed by atoms with Gasteiger partial charge in [0.15, 0.2) is 17.2 Å². The molecular formula is C23H23NO5. The van der Waals surface area contributed by atoms with Crippen LogP contribution in [0, 0.1) is 0 Å². The van der Waals surface area contributed by atoms with Crippen molar-refractivity contribution < 1.29 is 23.8 Å². The quantitative estimate of drug-likeness (QED) is 0.398. The Labute approximate surface area is 169 Å². The third-order valence-electron chi connectivity index (χ3n) is 4.39. The molecule has 0 aromatic heterocycles. The molecule has 0 fully saturated rings. The van der Waals surface area contributed by atoms with Crippen molar-refractivity contribution in [2.24, 2.45) is 4.99 Å². The molecule has 2 aromatic rings. The van der Waals surface area contributed by atoms with Crippen LogP contribution >= 0.6 is 0 Å². The molecule has 6 heteroatoms. The van der Waals surface area contributed by atoms with Crippen molar-refractivity contribution in [1.29, 1.82) is 0 Å². The number of aryl methyl sites for hydroxylation is 1. The molecule has 0 amide bonds. The smallest absolute Gasteiger partial charge is 0.363 e. The Morgan fingerprint density at radius 2 is 1.90 bits per heavy atom. The first-order valence-electron chi connectivity index (χ1n) is 9.48. The maximum atomic E-state index is 12.2. The van der Waals surface area contributed by atoms with Crippen molar-refractivity contribution in [1.82, 2.24) is 0 Å². The van der Waals surface area contributed by atoms with Gasteiger partial charge >= 0.3 is 11.9 Å². The largest absolute Gasteiger partial charge is 0.493 e. The molecule has 3 rings (SSSR count). The summed E-state index contributed by atoms with van der Waals surface area (Å²) in [6.07, 6.45) is 4.92. The highest BCUT2D eigenvalue weighted by Crippen LogP contribution is 2.30. The van der Waals surface area contributed by atoms with E-state index in [0.29, 0.717) is 17.1 Å². The van der Waals surface area contributed by atoms with Gasteiger partial charge in [0.25, 0.3) is 0 Å². The molecule has 1 aliphatic rings. The van der Waals surface area contributed by atoms with Gasteiger partial charge in [0.2, 0.25) is 5.90 Å². The lowest BCUT2D eigenvalue weighted by Gasteiger charge is -2.08. The highest BCUT2D eigenvalue weighted by atomic mass is 16.6. The van der Waals surface area contributed by atoms with Gasteiger partial charge in [-0.05, 0) is 54.3 Å². The lowest BCUT2D eigenvalue weighted by molar-refractivity contribution is -0.132. The normalized spacial score (nSPS) is 14.5. The predicted molar refractivity (Wildman–Crippen MR) is 110 cm³/mol. The van der Waals surface area contributed by atoms with Crippen LogP contribution in [0.25, 0.3) is 6.08 Å². The summed E-state index contributed by atoms with van der Waals surface area (Å²) in [6.45, 7) is 3.48. The lowest BCUT2D eigenvalue weighted by Crippen LogP contribution is -2.05. The molecule has 29 heavy (non-hydrogen) atoms. The number of aliphatic imine (C=N–C) groups is 1. The minimum Gasteiger partial charge on any atom is -0.493 e. The fourth-order valence-corrected chi connectivity index (χ4v) is 2.90. The number of hydrogen-bond acceptors (Lipinski definition) is 6. The first kappa shape index (κ1) is 20.3. The van der Waals surface area contributed by atoms with Crippen LogP contribution in [0.15, 0.2) is 53.2 Å². The molecule has 1 aliphatic heterocycles. The summed E-state index contributed by atoms with van der Waals surface area (Å²) in [5.41, 5.74) is 2.86. The number of carbonyl (C=O) groups is 2. The molecule has 0 N–H and O–H groups in total. The van der Waals surface area contributed by atoms with E-state index in [1.165, 1.54) is 19.6 Å². The maximum Gasteiger partial charge on any atom is 0.363 e. The number of ether oxygens (including phenoxy) is 3. The third-order valence-corrected chi connectivity index (χ3v) is 4.39. The molecule has 2 aromatic carbocycles. The zero-order chi connectivity index (χ0) is 20.8. The van der Waals surface area contributed by atoms with Crippen molar-refractivity contribution in [3.05, 3.63) is 64.9 Å². The summed E-state index contributed by atoms with van der Waals surface area (Å²) in [7, 11) is 1.48. The summed E-state index contributed by atoms with van der Waals surface area (Å²) in [4.78, 5) is 27.7. The van der Waals surface area contributed by atoms with Crippen LogP contribution in [0.4, 0.5) is 0 Å². The zero-order valence-corrected chi connectivity index (χ0v) is 16.7. The average molecular weight is 393 g/mol. The first-order chi connectivity index (χ1) is 14.0. The lowest BCUT2D eigenvalue weighted by atomic mass is 10.1. The average Bonchev–Trinajstić information content (AvgIpc) is 3.07. The number of rotatable bonds is 7. The minimum atomic E-state index is -0.516. The fourth-order valence-electron chi connectivity index (χ4n) is 2.90. The summed E-state index contributed by atoms with van der Waals surface area (Å²) in [5.74, 6) is 0.0184. The summed E-state index contributed by atoms with van der Waals surface area (Å²) >= 11 is 0. The van der Waals surface area contributed by atoms with Gasteiger partial charge in [-0.1, -0.05) is 31.5 Å². The van der Waals surface area contributed by atoms with Crippen LogP contribution in [0.5, 0.6) is 11.5 Å². The molecule has 1 heterocycles. The van der Waals surface area contributed by atoms with Gasteiger partial charge in [-0.3, -0.25) is 4.79 Å². The molecule has 0 atom stereocenters. The second kappa shape index (κ2) is 9.19. The number of nitrogens with zero attached hydrogens (tertiary/aromatic N) is 1. The van der Waals surface area contributed by atoms with E-state index in [1.54, 1.807) is 24.3 Å². The topological polar surface area (TPSA) is 74.2 Å². The predicted octanol–water partition coefficient (Wildman–Crippen LogP) is 4.31. The Hall–Kier alpha value is -3.41. The van der Waals surface area contributed by atoms with Crippen molar-refractivity contribution in [2.75, 3.05) is 7.11 Å². The van der Waals surface area contributed by atoms with Gasteiger partial charge in [0, 0.05) is 12.5 Å². The van der Waals surface area contributed by atoms with Crippen molar-refractivity contribution in [2.45, 2.75) is 33.1 Å². The number of cyclic esters (lactones) is 1.